The molecule has 0 unspecified atom stereocenters. The maximum absolute atomic E-state index is 10.9. The zero-order valence-electron chi connectivity index (χ0n) is 15.9. The van der Waals surface area contributed by atoms with Crippen molar-refractivity contribution in [1.82, 2.24) is 10.3 Å². The lowest BCUT2D eigenvalue weighted by Gasteiger charge is -2.33. The lowest BCUT2D eigenvalue weighted by molar-refractivity contribution is -0.136. The average molecular weight is 410 g/mol. The summed E-state index contributed by atoms with van der Waals surface area (Å²) in [5.41, 5.74) is 2.08. The highest BCUT2D eigenvalue weighted by Gasteiger charge is 2.29. The first kappa shape index (κ1) is 19.4. The number of nitrogens with one attached hydrogen (secondary N) is 2. The Kier molecular flexibility index (Phi) is 6.07. The topological polar surface area (TPSA) is 83.5 Å². The monoisotopic (exact) mass is 409 g/mol. The summed E-state index contributed by atoms with van der Waals surface area (Å²) in [5, 5.41) is 16.0. The van der Waals surface area contributed by atoms with Crippen molar-refractivity contribution < 1.29 is 14.6 Å². The fourth-order valence-corrected chi connectivity index (χ4v) is 4.49. The molecule has 1 aliphatic rings. The minimum atomic E-state index is -0.795. The zero-order chi connectivity index (χ0) is 20.1. The number of aromatic nitrogens is 1. The lowest BCUT2D eigenvalue weighted by atomic mass is 10.00. The SMILES string of the molecule is O=C(O)Cc1ccc(CCN[C@H](c2ccccc2)[C@H]2CNc3cccnc3O2)s1. The molecule has 2 atom stereocenters. The van der Waals surface area contributed by atoms with Crippen LogP contribution in [0.15, 0.2) is 60.8 Å². The fourth-order valence-electron chi connectivity index (χ4n) is 3.48. The Bertz CT molecular complexity index is 961. The molecule has 0 aliphatic carbocycles. The first-order chi connectivity index (χ1) is 14.2. The summed E-state index contributed by atoms with van der Waals surface area (Å²) in [4.78, 5) is 17.3. The van der Waals surface area contributed by atoms with Gasteiger partial charge < -0.3 is 20.5 Å². The smallest absolute Gasteiger partial charge is 0.308 e. The molecule has 7 heteroatoms. The van der Waals surface area contributed by atoms with Crippen LogP contribution in [0.4, 0.5) is 5.69 Å². The zero-order valence-corrected chi connectivity index (χ0v) is 16.7. The molecular weight excluding hydrogens is 386 g/mol. The summed E-state index contributed by atoms with van der Waals surface area (Å²) in [5.74, 6) is -0.167. The van der Waals surface area contributed by atoms with Crippen LogP contribution in [0, 0.1) is 0 Å². The molecule has 1 aromatic carbocycles. The number of carboxylic acid groups (broad SMARTS) is 1. The number of anilines is 1. The van der Waals surface area contributed by atoms with Gasteiger partial charge in [0.25, 0.3) is 0 Å². The van der Waals surface area contributed by atoms with Gasteiger partial charge in [-0.1, -0.05) is 30.3 Å². The number of pyridine rings is 1. The van der Waals surface area contributed by atoms with Crippen LogP contribution < -0.4 is 15.4 Å². The van der Waals surface area contributed by atoms with Gasteiger partial charge in [-0.15, -0.1) is 11.3 Å². The third-order valence-electron chi connectivity index (χ3n) is 4.84. The molecule has 150 valence electrons. The number of carboxylic acids is 1. The number of aliphatic carboxylic acids is 1. The number of nitrogens with zero attached hydrogens (tertiary/aromatic N) is 1. The second-order valence-corrected chi connectivity index (χ2v) is 8.18. The summed E-state index contributed by atoms with van der Waals surface area (Å²) in [6, 6.07) is 18.1. The van der Waals surface area contributed by atoms with Crippen LogP contribution in [0.5, 0.6) is 5.88 Å². The molecule has 3 aromatic rings. The Balaban J connectivity index is 1.43. The van der Waals surface area contributed by atoms with E-state index in [9.17, 15) is 4.79 Å². The third-order valence-corrected chi connectivity index (χ3v) is 5.98. The van der Waals surface area contributed by atoms with E-state index < -0.39 is 5.97 Å². The van der Waals surface area contributed by atoms with Crippen LogP contribution in [-0.4, -0.2) is 35.3 Å². The molecule has 0 spiro atoms. The van der Waals surface area contributed by atoms with Crippen LogP contribution in [0.3, 0.4) is 0 Å². The van der Waals surface area contributed by atoms with Crippen LogP contribution in [0.2, 0.25) is 0 Å². The number of benzene rings is 1. The number of hydrogen-bond acceptors (Lipinski definition) is 6. The molecule has 4 rings (SSSR count). The second kappa shape index (κ2) is 9.07. The van der Waals surface area contributed by atoms with Crippen molar-refractivity contribution in [2.45, 2.75) is 25.0 Å². The van der Waals surface area contributed by atoms with Crippen molar-refractivity contribution in [3.63, 3.8) is 0 Å². The molecule has 0 bridgehead atoms. The highest BCUT2D eigenvalue weighted by Crippen LogP contribution is 2.30. The van der Waals surface area contributed by atoms with Gasteiger partial charge in [-0.3, -0.25) is 4.79 Å². The van der Waals surface area contributed by atoms with E-state index in [2.05, 4.69) is 27.8 Å². The van der Waals surface area contributed by atoms with Gasteiger partial charge in [-0.2, -0.15) is 0 Å². The first-order valence-electron chi connectivity index (χ1n) is 9.62. The third kappa shape index (κ3) is 4.93. The minimum absolute atomic E-state index is 0.0114. The van der Waals surface area contributed by atoms with Crippen LogP contribution in [-0.2, 0) is 17.6 Å². The number of fused-ring (bicyclic) bond motifs is 1. The van der Waals surface area contributed by atoms with Crippen molar-refractivity contribution in [3.8, 4) is 5.88 Å². The summed E-state index contributed by atoms with van der Waals surface area (Å²) in [6.07, 6.45) is 2.56. The van der Waals surface area contributed by atoms with Crippen LogP contribution in [0.25, 0.3) is 0 Å². The Hall–Kier alpha value is -2.90. The van der Waals surface area contributed by atoms with Crippen molar-refractivity contribution >= 4 is 23.0 Å². The summed E-state index contributed by atoms with van der Waals surface area (Å²) in [7, 11) is 0. The molecule has 0 saturated carbocycles. The van der Waals surface area contributed by atoms with Gasteiger partial charge in [-0.05, 0) is 36.2 Å². The average Bonchev–Trinajstić information content (AvgIpc) is 3.18. The molecule has 0 fully saturated rings. The second-order valence-electron chi connectivity index (χ2n) is 6.92. The number of thiophene rings is 1. The van der Waals surface area contributed by atoms with Gasteiger partial charge in [0.2, 0.25) is 5.88 Å². The van der Waals surface area contributed by atoms with E-state index >= 15 is 0 Å². The summed E-state index contributed by atoms with van der Waals surface area (Å²) >= 11 is 1.56. The van der Waals surface area contributed by atoms with Gasteiger partial charge in [0.05, 0.1) is 24.7 Å². The number of hydrogen-bond donors (Lipinski definition) is 3. The Morgan fingerprint density at radius 1 is 1.21 bits per heavy atom. The van der Waals surface area contributed by atoms with Crippen molar-refractivity contribution in [3.05, 3.63) is 76.1 Å². The van der Waals surface area contributed by atoms with Gasteiger partial charge in [0.1, 0.15) is 6.10 Å². The fraction of sp³-hybridized carbons (Fsp3) is 0.273. The number of ether oxygens (including phenoxy) is 1. The standard InChI is InChI=1S/C22H23N3O3S/c26-20(27)13-17-9-8-16(29-17)10-12-23-21(15-5-2-1-3-6-15)19-14-25-18-7-4-11-24-22(18)28-19/h1-9,11,19,21,23,25H,10,12-14H2,(H,26,27)/t19-,21-/m1/s1. The molecule has 2 aromatic heterocycles. The maximum atomic E-state index is 10.9. The first-order valence-corrected chi connectivity index (χ1v) is 10.4. The lowest BCUT2D eigenvalue weighted by Crippen LogP contribution is -2.43. The summed E-state index contributed by atoms with van der Waals surface area (Å²) < 4.78 is 6.20. The number of carbonyl (C=O) groups is 1. The van der Waals surface area contributed by atoms with E-state index in [0.29, 0.717) is 12.4 Å². The largest absolute Gasteiger partial charge is 0.481 e. The molecule has 0 saturated heterocycles. The highest BCUT2D eigenvalue weighted by atomic mass is 32.1. The van der Waals surface area contributed by atoms with Crippen LogP contribution >= 0.6 is 11.3 Å². The van der Waals surface area contributed by atoms with Gasteiger partial charge in [0.15, 0.2) is 0 Å². The Labute approximate surface area is 173 Å². The molecule has 1 aliphatic heterocycles. The molecule has 29 heavy (non-hydrogen) atoms. The van der Waals surface area contributed by atoms with Gasteiger partial charge >= 0.3 is 5.97 Å². The quantitative estimate of drug-likeness (QED) is 0.528. The van der Waals surface area contributed by atoms with E-state index in [1.807, 2.05) is 42.5 Å². The maximum Gasteiger partial charge on any atom is 0.308 e. The molecule has 3 heterocycles. The molecule has 3 N–H and O–H groups in total. The van der Waals surface area contributed by atoms with Crippen molar-refractivity contribution in [2.75, 3.05) is 18.4 Å². The van der Waals surface area contributed by atoms with Gasteiger partial charge in [0, 0.05) is 22.5 Å². The number of rotatable bonds is 8. The Morgan fingerprint density at radius 2 is 2.03 bits per heavy atom. The van der Waals surface area contributed by atoms with E-state index in [-0.39, 0.29) is 18.6 Å². The van der Waals surface area contributed by atoms with Gasteiger partial charge in [-0.25, -0.2) is 4.98 Å². The molecule has 0 radical (unpaired) electrons. The predicted molar refractivity (Wildman–Crippen MR) is 114 cm³/mol. The van der Waals surface area contributed by atoms with Crippen molar-refractivity contribution in [2.24, 2.45) is 0 Å². The van der Waals surface area contributed by atoms with Crippen LogP contribution in [0.1, 0.15) is 21.4 Å². The minimum Gasteiger partial charge on any atom is -0.481 e. The normalized spacial score (nSPS) is 16.3. The van der Waals surface area contributed by atoms with E-state index in [0.717, 1.165) is 29.1 Å². The summed E-state index contributed by atoms with van der Waals surface area (Å²) in [6.45, 7) is 1.45. The highest BCUT2D eigenvalue weighted by molar-refractivity contribution is 7.12. The van der Waals surface area contributed by atoms with E-state index in [4.69, 9.17) is 9.84 Å². The predicted octanol–water partition coefficient (Wildman–Crippen LogP) is 3.52. The molecule has 6 nitrogen and oxygen atoms in total. The van der Waals surface area contributed by atoms with E-state index in [1.165, 1.54) is 4.88 Å². The van der Waals surface area contributed by atoms with E-state index in [1.54, 1.807) is 17.5 Å². The van der Waals surface area contributed by atoms with Crippen molar-refractivity contribution in [1.29, 1.82) is 0 Å². The molecule has 0 amide bonds. The molecular formula is C22H23N3O3S. The Morgan fingerprint density at radius 3 is 2.86 bits per heavy atom.